The molecule has 178 valence electrons. The quantitative estimate of drug-likeness (QED) is 0.603. The number of nitrogens with one attached hydrogen (secondary N) is 2. The average molecular weight is 456 g/mol. The van der Waals surface area contributed by atoms with E-state index in [-0.39, 0.29) is 29.8 Å². The fourth-order valence-corrected chi connectivity index (χ4v) is 4.56. The Balaban J connectivity index is 1.55. The number of nitrogens with zero attached hydrogens (tertiary/aromatic N) is 3. The summed E-state index contributed by atoms with van der Waals surface area (Å²) < 4.78 is 18.8. The molecule has 1 saturated carbocycles. The van der Waals surface area contributed by atoms with Crippen molar-refractivity contribution >= 4 is 11.7 Å². The molecule has 1 aliphatic heterocycles. The van der Waals surface area contributed by atoms with E-state index in [0.29, 0.717) is 22.9 Å². The Morgan fingerprint density at radius 2 is 1.91 bits per heavy atom. The van der Waals surface area contributed by atoms with Gasteiger partial charge in [0.25, 0.3) is 5.91 Å². The lowest BCUT2D eigenvalue weighted by molar-refractivity contribution is 0.0175. The van der Waals surface area contributed by atoms with E-state index >= 15 is 0 Å². The van der Waals surface area contributed by atoms with Crippen molar-refractivity contribution in [2.75, 3.05) is 38.6 Å². The predicted octanol–water partition coefficient (Wildman–Crippen LogP) is 3.49. The van der Waals surface area contributed by atoms with Gasteiger partial charge in [0.05, 0.1) is 17.5 Å². The second-order valence-corrected chi connectivity index (χ2v) is 9.14. The molecule has 2 fully saturated rings. The summed E-state index contributed by atoms with van der Waals surface area (Å²) in [5.41, 5.74) is 2.55. The van der Waals surface area contributed by atoms with Crippen molar-refractivity contribution in [3.05, 3.63) is 52.7 Å². The summed E-state index contributed by atoms with van der Waals surface area (Å²) >= 11 is 0. The van der Waals surface area contributed by atoms with E-state index in [1.54, 1.807) is 19.2 Å². The number of rotatable bonds is 9. The molecule has 1 amide bonds. The minimum absolute atomic E-state index is 0.0971. The van der Waals surface area contributed by atoms with Gasteiger partial charge in [-0.25, -0.2) is 14.4 Å². The van der Waals surface area contributed by atoms with Crippen LogP contribution in [0.3, 0.4) is 0 Å². The zero-order valence-corrected chi connectivity index (χ0v) is 19.7. The van der Waals surface area contributed by atoms with Crippen LogP contribution in [0.25, 0.3) is 0 Å². The van der Waals surface area contributed by atoms with Gasteiger partial charge in [0.2, 0.25) is 0 Å². The molecule has 1 aromatic carbocycles. The number of halogens is 1. The van der Waals surface area contributed by atoms with E-state index in [1.165, 1.54) is 25.0 Å². The first-order valence-electron chi connectivity index (χ1n) is 11.9. The Morgan fingerprint density at radius 1 is 1.21 bits per heavy atom. The normalized spacial score (nSPS) is 21.5. The zero-order valence-electron chi connectivity index (χ0n) is 19.7. The molecule has 1 aromatic heterocycles. The van der Waals surface area contributed by atoms with Crippen LogP contribution in [-0.4, -0.2) is 66.2 Å². The number of amides is 1. The number of likely N-dealkylation sites (tertiary alicyclic amines) is 1. The summed E-state index contributed by atoms with van der Waals surface area (Å²) in [6, 6.07) is 6.51. The minimum atomic E-state index is -0.278. The van der Waals surface area contributed by atoms with Crippen LogP contribution in [0.15, 0.2) is 24.3 Å². The summed E-state index contributed by atoms with van der Waals surface area (Å²) in [7, 11) is 1.69. The second kappa shape index (κ2) is 10.6. The molecule has 0 radical (unpaired) electrons. The van der Waals surface area contributed by atoms with Crippen molar-refractivity contribution in [1.29, 1.82) is 0 Å². The molecular weight excluding hydrogens is 421 g/mol. The maximum absolute atomic E-state index is 13.5. The summed E-state index contributed by atoms with van der Waals surface area (Å²) in [6.45, 7) is 7.79. The van der Waals surface area contributed by atoms with Gasteiger partial charge in [0.15, 0.2) is 0 Å². The zero-order chi connectivity index (χ0) is 23.4. The highest BCUT2D eigenvalue weighted by atomic mass is 19.1. The molecule has 1 unspecified atom stereocenters. The van der Waals surface area contributed by atoms with Crippen molar-refractivity contribution in [3.8, 4) is 0 Å². The number of carbonyl (C=O) groups is 1. The fourth-order valence-electron chi connectivity index (χ4n) is 4.56. The smallest absolute Gasteiger partial charge is 0.271 e. The topological polar surface area (TPSA) is 79.4 Å². The van der Waals surface area contributed by atoms with Crippen LogP contribution < -0.4 is 10.6 Å². The number of anilines is 1. The molecule has 8 heteroatoms. The third-order valence-corrected chi connectivity index (χ3v) is 6.77. The van der Waals surface area contributed by atoms with Gasteiger partial charge in [-0.3, -0.25) is 4.79 Å². The summed E-state index contributed by atoms with van der Waals surface area (Å²) in [4.78, 5) is 25.0. The molecule has 2 heterocycles. The van der Waals surface area contributed by atoms with Crippen LogP contribution >= 0.6 is 0 Å². The maximum atomic E-state index is 13.5. The van der Waals surface area contributed by atoms with Crippen LogP contribution in [0.4, 0.5) is 10.2 Å². The number of aryl methyl sites for hydroxylation is 1. The first kappa shape index (κ1) is 23.6. The van der Waals surface area contributed by atoms with E-state index in [2.05, 4.69) is 15.5 Å². The highest BCUT2D eigenvalue weighted by molar-refractivity contribution is 5.93. The van der Waals surface area contributed by atoms with E-state index in [1.807, 2.05) is 13.8 Å². The Kier molecular flexibility index (Phi) is 7.55. The standard InChI is InChI=1S/C25H34FN5O2/c1-16(18-6-8-19(26)9-7-18)22-24(27-10-13-31-11-4-5-12-31)28-17(2)23(30-22)25(32)29-20-14-21(15-20)33-3/h6-9,16,20-21H,4-5,10-15H2,1-3H3,(H,27,28)(H,29,32)/t16?,20-,21+. The summed E-state index contributed by atoms with van der Waals surface area (Å²) in [5.74, 6) is 0.0415. The molecule has 7 nitrogen and oxygen atoms in total. The summed E-state index contributed by atoms with van der Waals surface area (Å²) in [5, 5.41) is 6.50. The molecule has 0 bridgehead atoms. The first-order chi connectivity index (χ1) is 15.9. The van der Waals surface area contributed by atoms with Crippen LogP contribution in [0, 0.1) is 12.7 Å². The van der Waals surface area contributed by atoms with Gasteiger partial charge in [0.1, 0.15) is 17.3 Å². The maximum Gasteiger partial charge on any atom is 0.271 e. The van der Waals surface area contributed by atoms with Crippen molar-refractivity contribution in [2.24, 2.45) is 0 Å². The molecule has 2 N–H and O–H groups in total. The molecule has 1 saturated heterocycles. The Bertz CT molecular complexity index is 956. The van der Waals surface area contributed by atoms with Crippen LogP contribution in [-0.2, 0) is 4.74 Å². The second-order valence-electron chi connectivity index (χ2n) is 9.14. The van der Waals surface area contributed by atoms with Gasteiger partial charge in [0, 0.05) is 32.2 Å². The Morgan fingerprint density at radius 3 is 2.58 bits per heavy atom. The lowest BCUT2D eigenvalue weighted by Gasteiger charge is -2.34. The lowest BCUT2D eigenvalue weighted by Crippen LogP contribution is -2.47. The first-order valence-corrected chi connectivity index (χ1v) is 11.9. The SMILES string of the molecule is CO[C@H]1C[C@@H](NC(=O)c2nc(C(C)c3ccc(F)cc3)c(NCCN3CCCC3)nc2C)C1. The summed E-state index contributed by atoms with van der Waals surface area (Å²) in [6.07, 6.45) is 4.33. The molecular formula is C25H34FN5O2. The van der Waals surface area contributed by atoms with E-state index in [4.69, 9.17) is 14.7 Å². The van der Waals surface area contributed by atoms with Gasteiger partial charge in [-0.15, -0.1) is 0 Å². The number of methoxy groups -OCH3 is 1. The lowest BCUT2D eigenvalue weighted by atomic mass is 9.89. The highest BCUT2D eigenvalue weighted by Gasteiger charge is 2.31. The number of carbonyl (C=O) groups excluding carboxylic acids is 1. The van der Waals surface area contributed by atoms with Crippen molar-refractivity contribution < 1.29 is 13.9 Å². The largest absolute Gasteiger partial charge is 0.381 e. The van der Waals surface area contributed by atoms with E-state index < -0.39 is 0 Å². The van der Waals surface area contributed by atoms with Gasteiger partial charge in [-0.1, -0.05) is 19.1 Å². The molecule has 2 aliphatic rings. The molecule has 2 aromatic rings. The third kappa shape index (κ3) is 5.68. The van der Waals surface area contributed by atoms with Crippen LogP contribution in [0.1, 0.15) is 66.0 Å². The van der Waals surface area contributed by atoms with Gasteiger partial charge in [-0.05, 0) is 63.4 Å². The number of hydrogen-bond donors (Lipinski definition) is 2. The Hall–Kier alpha value is -2.58. The van der Waals surface area contributed by atoms with E-state index in [0.717, 1.165) is 44.6 Å². The third-order valence-electron chi connectivity index (χ3n) is 6.77. The number of hydrogen-bond acceptors (Lipinski definition) is 6. The van der Waals surface area contributed by atoms with Crippen LogP contribution in [0.5, 0.6) is 0 Å². The van der Waals surface area contributed by atoms with Gasteiger partial charge >= 0.3 is 0 Å². The Labute approximate surface area is 195 Å². The van der Waals surface area contributed by atoms with E-state index in [9.17, 15) is 9.18 Å². The minimum Gasteiger partial charge on any atom is -0.381 e. The predicted molar refractivity (Wildman–Crippen MR) is 126 cm³/mol. The molecule has 0 spiro atoms. The number of aromatic nitrogens is 2. The van der Waals surface area contributed by atoms with Crippen molar-refractivity contribution in [1.82, 2.24) is 20.2 Å². The molecule has 4 rings (SSSR count). The molecule has 1 atom stereocenters. The number of benzene rings is 1. The molecule has 33 heavy (non-hydrogen) atoms. The van der Waals surface area contributed by atoms with Crippen LogP contribution in [0.2, 0.25) is 0 Å². The number of ether oxygens (including phenoxy) is 1. The fraction of sp³-hybridized carbons (Fsp3) is 0.560. The van der Waals surface area contributed by atoms with Crippen molar-refractivity contribution in [3.63, 3.8) is 0 Å². The monoisotopic (exact) mass is 455 g/mol. The highest BCUT2D eigenvalue weighted by Crippen LogP contribution is 2.29. The average Bonchev–Trinajstić information content (AvgIpc) is 3.29. The van der Waals surface area contributed by atoms with Crippen molar-refractivity contribution in [2.45, 2.75) is 57.6 Å². The molecule has 1 aliphatic carbocycles. The van der Waals surface area contributed by atoms with Gasteiger partial charge in [-0.2, -0.15) is 0 Å². The van der Waals surface area contributed by atoms with Gasteiger partial charge < -0.3 is 20.3 Å².